The van der Waals surface area contributed by atoms with Crippen LogP contribution >= 0.6 is 0 Å². The van der Waals surface area contributed by atoms with Crippen LogP contribution in [0.1, 0.15) is 17.0 Å². The fourth-order valence-corrected chi connectivity index (χ4v) is 3.71. The van der Waals surface area contributed by atoms with Gasteiger partial charge in [-0.25, -0.2) is 4.79 Å². The van der Waals surface area contributed by atoms with Gasteiger partial charge in [0, 0.05) is 12.5 Å². The lowest BCUT2D eigenvalue weighted by molar-refractivity contribution is -0.168. The van der Waals surface area contributed by atoms with E-state index in [0.717, 1.165) is 22.3 Å². The van der Waals surface area contributed by atoms with Crippen LogP contribution in [0.2, 0.25) is 0 Å². The predicted molar refractivity (Wildman–Crippen MR) is 93.8 cm³/mol. The molecule has 1 fully saturated rings. The lowest BCUT2D eigenvalue weighted by atomic mass is 9.98. The number of morpholine rings is 1. The summed E-state index contributed by atoms with van der Waals surface area (Å²) in [6.07, 6.45) is -1.13. The minimum atomic E-state index is -1.13. The van der Waals surface area contributed by atoms with Gasteiger partial charge in [-0.15, -0.1) is 0 Å². The van der Waals surface area contributed by atoms with E-state index in [2.05, 4.69) is 17.4 Å². The molecular weight excluding hydrogens is 334 g/mol. The lowest BCUT2D eigenvalue weighted by Crippen LogP contribution is -2.56. The molecular formula is C20H19NO5. The fourth-order valence-electron chi connectivity index (χ4n) is 3.71. The van der Waals surface area contributed by atoms with E-state index in [1.165, 1.54) is 0 Å². The molecule has 6 nitrogen and oxygen atoms in total. The molecule has 2 aliphatic rings. The van der Waals surface area contributed by atoms with Gasteiger partial charge in [-0.1, -0.05) is 48.5 Å². The summed E-state index contributed by atoms with van der Waals surface area (Å²) < 4.78 is 10.8. The van der Waals surface area contributed by atoms with Crippen molar-refractivity contribution in [3.05, 3.63) is 59.7 Å². The van der Waals surface area contributed by atoms with Crippen LogP contribution in [0.5, 0.6) is 0 Å². The van der Waals surface area contributed by atoms with Gasteiger partial charge in [-0.2, -0.15) is 0 Å². The van der Waals surface area contributed by atoms with E-state index in [1.54, 1.807) is 0 Å². The second-order valence-corrected chi connectivity index (χ2v) is 6.42. The quantitative estimate of drug-likeness (QED) is 0.815. The van der Waals surface area contributed by atoms with Gasteiger partial charge in [0.05, 0.1) is 6.61 Å². The number of rotatable bonds is 4. The van der Waals surface area contributed by atoms with E-state index in [4.69, 9.17) is 9.47 Å². The maximum atomic E-state index is 12.4. The molecule has 26 heavy (non-hydrogen) atoms. The normalized spacial score (nSPS) is 21.7. The second-order valence-electron chi connectivity index (χ2n) is 6.42. The monoisotopic (exact) mass is 353 g/mol. The van der Waals surface area contributed by atoms with Gasteiger partial charge in [-0.3, -0.25) is 10.1 Å². The van der Waals surface area contributed by atoms with Crippen LogP contribution < -0.4 is 5.32 Å². The number of aliphatic carboxylic acids is 1. The SMILES string of the molecule is O=C(O)C1NCCOC1C(=O)OCC1c2ccccc2-c2ccccc21. The summed E-state index contributed by atoms with van der Waals surface area (Å²) in [5, 5.41) is 12.0. The molecule has 2 N–H and O–H groups in total. The summed E-state index contributed by atoms with van der Waals surface area (Å²) in [4.78, 5) is 23.7. The van der Waals surface area contributed by atoms with Crippen LogP contribution in [-0.2, 0) is 19.1 Å². The molecule has 1 heterocycles. The van der Waals surface area contributed by atoms with E-state index in [0.29, 0.717) is 6.54 Å². The molecule has 2 atom stereocenters. The van der Waals surface area contributed by atoms with Crippen molar-refractivity contribution in [2.24, 2.45) is 0 Å². The van der Waals surface area contributed by atoms with E-state index in [-0.39, 0.29) is 19.1 Å². The van der Waals surface area contributed by atoms with Crippen molar-refractivity contribution >= 4 is 11.9 Å². The van der Waals surface area contributed by atoms with Crippen molar-refractivity contribution in [3.63, 3.8) is 0 Å². The maximum absolute atomic E-state index is 12.4. The van der Waals surface area contributed by atoms with Crippen LogP contribution in [-0.4, -0.2) is 48.9 Å². The third kappa shape index (κ3) is 2.87. The minimum Gasteiger partial charge on any atom is -0.480 e. The van der Waals surface area contributed by atoms with Crippen LogP contribution in [0.15, 0.2) is 48.5 Å². The Balaban J connectivity index is 1.53. The first-order chi connectivity index (χ1) is 12.7. The largest absolute Gasteiger partial charge is 0.480 e. The van der Waals surface area contributed by atoms with Crippen LogP contribution in [0.3, 0.4) is 0 Å². The predicted octanol–water partition coefficient (Wildman–Crippen LogP) is 1.78. The van der Waals surface area contributed by atoms with Gasteiger partial charge in [0.15, 0.2) is 6.10 Å². The Morgan fingerprint density at radius 2 is 1.69 bits per heavy atom. The highest BCUT2D eigenvalue weighted by molar-refractivity contribution is 5.86. The van der Waals surface area contributed by atoms with Crippen molar-refractivity contribution in [3.8, 4) is 11.1 Å². The lowest BCUT2D eigenvalue weighted by Gasteiger charge is -2.28. The summed E-state index contributed by atoms with van der Waals surface area (Å²) in [5.41, 5.74) is 4.50. The molecule has 1 aliphatic carbocycles. The zero-order chi connectivity index (χ0) is 18.1. The van der Waals surface area contributed by atoms with Crippen molar-refractivity contribution in [1.29, 1.82) is 0 Å². The number of carboxylic acids is 1. The average molecular weight is 353 g/mol. The van der Waals surface area contributed by atoms with Crippen LogP contribution in [0, 0.1) is 0 Å². The summed E-state index contributed by atoms with van der Waals surface area (Å²) in [6.45, 7) is 0.821. The van der Waals surface area contributed by atoms with Gasteiger partial charge in [0.1, 0.15) is 12.6 Å². The molecule has 0 bridgehead atoms. The highest BCUT2D eigenvalue weighted by atomic mass is 16.6. The van der Waals surface area contributed by atoms with Crippen molar-refractivity contribution in [2.75, 3.05) is 19.8 Å². The van der Waals surface area contributed by atoms with Gasteiger partial charge in [-0.05, 0) is 22.3 Å². The fraction of sp³-hybridized carbons (Fsp3) is 0.300. The number of benzene rings is 2. The summed E-state index contributed by atoms with van der Waals surface area (Å²) in [7, 11) is 0. The standard InChI is InChI=1S/C20H19NO5/c22-19(23)17-18(25-10-9-21-17)20(24)26-11-16-14-7-3-1-5-12(14)13-6-2-4-8-15(13)16/h1-8,16-18,21H,9-11H2,(H,22,23). The molecule has 0 aromatic heterocycles. The zero-order valence-electron chi connectivity index (χ0n) is 14.1. The Labute approximate surface area is 150 Å². The minimum absolute atomic E-state index is 0.0637. The molecule has 2 aromatic rings. The molecule has 0 saturated carbocycles. The smallest absolute Gasteiger partial charge is 0.337 e. The van der Waals surface area contributed by atoms with Crippen molar-refractivity contribution in [1.82, 2.24) is 5.32 Å². The van der Waals surface area contributed by atoms with Gasteiger partial charge < -0.3 is 14.6 Å². The second kappa shape index (κ2) is 6.90. The molecule has 1 aliphatic heterocycles. The van der Waals surface area contributed by atoms with E-state index >= 15 is 0 Å². The highest BCUT2D eigenvalue weighted by Crippen LogP contribution is 2.44. The van der Waals surface area contributed by atoms with Crippen LogP contribution in [0.25, 0.3) is 11.1 Å². The number of hydrogen-bond donors (Lipinski definition) is 2. The van der Waals surface area contributed by atoms with E-state index < -0.39 is 24.1 Å². The molecule has 134 valence electrons. The molecule has 6 heteroatoms. The van der Waals surface area contributed by atoms with Gasteiger partial charge >= 0.3 is 11.9 Å². The molecule has 2 aromatic carbocycles. The number of esters is 1. The Bertz CT molecular complexity index is 804. The topological polar surface area (TPSA) is 84.9 Å². The third-order valence-corrected chi connectivity index (χ3v) is 4.92. The number of nitrogens with one attached hydrogen (secondary N) is 1. The van der Waals surface area contributed by atoms with Gasteiger partial charge in [0.25, 0.3) is 0 Å². The number of fused-ring (bicyclic) bond motifs is 3. The van der Waals surface area contributed by atoms with E-state index in [9.17, 15) is 14.7 Å². The van der Waals surface area contributed by atoms with Gasteiger partial charge in [0.2, 0.25) is 0 Å². The van der Waals surface area contributed by atoms with Crippen molar-refractivity contribution < 1.29 is 24.2 Å². The first-order valence-corrected chi connectivity index (χ1v) is 8.59. The molecule has 0 amide bonds. The average Bonchev–Trinajstić information content (AvgIpc) is 3.00. The number of hydrogen-bond acceptors (Lipinski definition) is 5. The van der Waals surface area contributed by atoms with Crippen molar-refractivity contribution in [2.45, 2.75) is 18.1 Å². The van der Waals surface area contributed by atoms with Crippen LogP contribution in [0.4, 0.5) is 0 Å². The maximum Gasteiger partial charge on any atom is 0.337 e. The molecule has 1 saturated heterocycles. The Morgan fingerprint density at radius 1 is 1.08 bits per heavy atom. The molecule has 4 rings (SSSR count). The summed E-state index contributed by atoms with van der Waals surface area (Å²) in [5.74, 6) is -1.83. The first kappa shape index (κ1) is 16.8. The Morgan fingerprint density at radius 3 is 2.31 bits per heavy atom. The Kier molecular flexibility index (Phi) is 4.44. The zero-order valence-corrected chi connectivity index (χ0v) is 14.1. The Hall–Kier alpha value is -2.70. The highest BCUT2D eigenvalue weighted by Gasteiger charge is 2.39. The molecule has 0 spiro atoms. The molecule has 2 unspecified atom stereocenters. The third-order valence-electron chi connectivity index (χ3n) is 4.92. The molecule has 0 radical (unpaired) electrons. The first-order valence-electron chi connectivity index (χ1n) is 8.59. The summed E-state index contributed by atoms with van der Waals surface area (Å²) >= 11 is 0. The van der Waals surface area contributed by atoms with E-state index in [1.807, 2.05) is 36.4 Å². The number of carboxylic acid groups (broad SMARTS) is 1. The number of carbonyl (C=O) groups is 2. The number of carbonyl (C=O) groups excluding carboxylic acids is 1. The number of ether oxygens (including phenoxy) is 2. The summed E-state index contributed by atoms with van der Waals surface area (Å²) in [6, 6.07) is 15.0.